The molecule has 2 atom stereocenters. The summed E-state index contributed by atoms with van der Waals surface area (Å²) in [6.45, 7) is 0. The first-order valence-electron chi connectivity index (χ1n) is 4.78. The third-order valence-electron chi connectivity index (χ3n) is 2.87. The van der Waals surface area contributed by atoms with Crippen LogP contribution in [-0.2, 0) is 0 Å². The molecule has 0 aliphatic heterocycles. The molecule has 2 N–H and O–H groups in total. The molecular weight excluding hydrogens is 165 g/mol. The topological polar surface area (TPSA) is 26.0 Å². The minimum absolute atomic E-state index is 0.171. The van der Waals surface area contributed by atoms with Crippen molar-refractivity contribution in [2.75, 3.05) is 0 Å². The van der Waals surface area contributed by atoms with E-state index in [2.05, 4.69) is 0 Å². The summed E-state index contributed by atoms with van der Waals surface area (Å²) in [7, 11) is 0. The second-order valence-corrected chi connectivity index (χ2v) is 3.75. The Morgan fingerprint density at radius 3 is 2.38 bits per heavy atom. The third-order valence-corrected chi connectivity index (χ3v) is 2.87. The molecular formula is C11H14FN. The highest BCUT2D eigenvalue weighted by Gasteiger charge is 2.24. The molecule has 0 spiro atoms. The molecule has 1 aromatic carbocycles. The number of hydrogen-bond acceptors (Lipinski definition) is 1. The number of rotatable bonds is 1. The summed E-state index contributed by atoms with van der Waals surface area (Å²) in [5.41, 5.74) is 7.14. The third kappa shape index (κ3) is 1.73. The van der Waals surface area contributed by atoms with Crippen molar-refractivity contribution in [1.82, 2.24) is 0 Å². The summed E-state index contributed by atoms with van der Waals surface area (Å²) in [5, 5.41) is 0. The van der Waals surface area contributed by atoms with Crippen molar-refractivity contribution in [3.05, 3.63) is 35.6 Å². The predicted octanol–water partition coefficient (Wildman–Crippen LogP) is 2.42. The maximum absolute atomic E-state index is 12.6. The second kappa shape index (κ2) is 3.46. The van der Waals surface area contributed by atoms with Crippen LogP contribution in [0.3, 0.4) is 0 Å². The SMILES string of the molecule is NC1CCCC1c1ccc(F)cc1. The number of halogens is 1. The average molecular weight is 179 g/mol. The number of nitrogens with two attached hydrogens (primary N) is 1. The Morgan fingerprint density at radius 1 is 1.15 bits per heavy atom. The van der Waals surface area contributed by atoms with E-state index >= 15 is 0 Å². The summed E-state index contributed by atoms with van der Waals surface area (Å²) in [5.74, 6) is 0.274. The van der Waals surface area contributed by atoms with E-state index in [9.17, 15) is 4.39 Å². The lowest BCUT2D eigenvalue weighted by Gasteiger charge is -2.15. The first kappa shape index (κ1) is 8.70. The molecule has 1 aliphatic rings. The van der Waals surface area contributed by atoms with Gasteiger partial charge in [0.25, 0.3) is 0 Å². The number of benzene rings is 1. The Hall–Kier alpha value is -0.890. The van der Waals surface area contributed by atoms with Crippen molar-refractivity contribution in [2.45, 2.75) is 31.2 Å². The van der Waals surface area contributed by atoms with Crippen LogP contribution in [0.5, 0.6) is 0 Å². The maximum Gasteiger partial charge on any atom is 0.123 e. The molecule has 13 heavy (non-hydrogen) atoms. The lowest BCUT2D eigenvalue weighted by atomic mass is 9.95. The van der Waals surface area contributed by atoms with Gasteiger partial charge in [-0.15, -0.1) is 0 Å². The van der Waals surface area contributed by atoms with Crippen molar-refractivity contribution in [3.63, 3.8) is 0 Å². The van der Waals surface area contributed by atoms with Gasteiger partial charge in [-0.2, -0.15) is 0 Å². The molecule has 0 bridgehead atoms. The predicted molar refractivity (Wildman–Crippen MR) is 51.0 cm³/mol. The van der Waals surface area contributed by atoms with Crippen molar-refractivity contribution >= 4 is 0 Å². The van der Waals surface area contributed by atoms with Crippen LogP contribution in [0.15, 0.2) is 24.3 Å². The van der Waals surface area contributed by atoms with Crippen LogP contribution in [-0.4, -0.2) is 6.04 Å². The molecule has 2 unspecified atom stereocenters. The van der Waals surface area contributed by atoms with Gasteiger partial charge >= 0.3 is 0 Å². The Bertz CT molecular complexity index is 281. The maximum atomic E-state index is 12.6. The summed E-state index contributed by atoms with van der Waals surface area (Å²) in [6.07, 6.45) is 3.44. The molecule has 1 aliphatic carbocycles. The van der Waals surface area contributed by atoms with Crippen LogP contribution < -0.4 is 5.73 Å². The summed E-state index contributed by atoms with van der Waals surface area (Å²) < 4.78 is 12.6. The zero-order valence-corrected chi connectivity index (χ0v) is 7.54. The van der Waals surface area contributed by atoms with Crippen LogP contribution in [0.25, 0.3) is 0 Å². The molecule has 0 amide bonds. The van der Waals surface area contributed by atoms with E-state index in [0.717, 1.165) is 12.8 Å². The minimum atomic E-state index is -0.171. The summed E-state index contributed by atoms with van der Waals surface area (Å²) in [6, 6.07) is 7.00. The Kier molecular flexibility index (Phi) is 2.32. The van der Waals surface area contributed by atoms with Gasteiger partial charge in [-0.3, -0.25) is 0 Å². The van der Waals surface area contributed by atoms with Gasteiger partial charge in [-0.05, 0) is 36.5 Å². The van der Waals surface area contributed by atoms with Crippen molar-refractivity contribution in [2.24, 2.45) is 5.73 Å². The van der Waals surface area contributed by atoms with E-state index in [-0.39, 0.29) is 11.9 Å². The average Bonchev–Trinajstić information content (AvgIpc) is 2.53. The van der Waals surface area contributed by atoms with E-state index in [1.54, 1.807) is 0 Å². The summed E-state index contributed by atoms with van der Waals surface area (Å²) >= 11 is 0. The molecule has 1 fully saturated rings. The largest absolute Gasteiger partial charge is 0.327 e. The van der Waals surface area contributed by atoms with E-state index < -0.39 is 0 Å². The molecule has 0 radical (unpaired) electrons. The van der Waals surface area contributed by atoms with Crippen LogP contribution in [0.2, 0.25) is 0 Å². The highest BCUT2D eigenvalue weighted by Crippen LogP contribution is 2.33. The molecule has 0 aromatic heterocycles. The van der Waals surface area contributed by atoms with Gasteiger partial charge in [0, 0.05) is 6.04 Å². The van der Waals surface area contributed by atoms with Crippen LogP contribution in [0, 0.1) is 5.82 Å². The second-order valence-electron chi connectivity index (χ2n) is 3.75. The highest BCUT2D eigenvalue weighted by atomic mass is 19.1. The van der Waals surface area contributed by atoms with Crippen LogP contribution in [0.1, 0.15) is 30.7 Å². The monoisotopic (exact) mass is 179 g/mol. The smallest absolute Gasteiger partial charge is 0.123 e. The summed E-state index contributed by atoms with van der Waals surface area (Å²) in [4.78, 5) is 0. The lowest BCUT2D eigenvalue weighted by Crippen LogP contribution is -2.22. The first-order chi connectivity index (χ1) is 6.27. The van der Waals surface area contributed by atoms with Gasteiger partial charge in [-0.25, -0.2) is 4.39 Å². The highest BCUT2D eigenvalue weighted by molar-refractivity contribution is 5.23. The molecule has 2 rings (SSSR count). The Labute approximate surface area is 77.8 Å². The molecule has 70 valence electrons. The van der Waals surface area contributed by atoms with Crippen molar-refractivity contribution in [3.8, 4) is 0 Å². The standard InChI is InChI=1S/C11H14FN/c12-9-6-4-8(5-7-9)10-2-1-3-11(10)13/h4-7,10-11H,1-3,13H2. The van der Waals surface area contributed by atoms with Gasteiger partial charge < -0.3 is 5.73 Å². The zero-order valence-electron chi connectivity index (χ0n) is 7.54. The van der Waals surface area contributed by atoms with Gasteiger partial charge in [-0.1, -0.05) is 18.6 Å². The van der Waals surface area contributed by atoms with Gasteiger partial charge in [0.2, 0.25) is 0 Å². The van der Waals surface area contributed by atoms with Gasteiger partial charge in [0.05, 0.1) is 0 Å². The van der Waals surface area contributed by atoms with E-state index in [4.69, 9.17) is 5.73 Å². The van der Waals surface area contributed by atoms with Gasteiger partial charge in [0.15, 0.2) is 0 Å². The minimum Gasteiger partial charge on any atom is -0.327 e. The normalized spacial score (nSPS) is 27.8. The molecule has 2 heteroatoms. The molecule has 1 aromatic rings. The van der Waals surface area contributed by atoms with Crippen LogP contribution in [0.4, 0.5) is 4.39 Å². The first-order valence-corrected chi connectivity index (χ1v) is 4.78. The molecule has 1 saturated carbocycles. The van der Waals surface area contributed by atoms with E-state index in [1.807, 2.05) is 12.1 Å². The fraction of sp³-hybridized carbons (Fsp3) is 0.455. The fourth-order valence-corrected chi connectivity index (χ4v) is 2.11. The lowest BCUT2D eigenvalue weighted by molar-refractivity contribution is 0.603. The van der Waals surface area contributed by atoms with Crippen LogP contribution >= 0.6 is 0 Å². The zero-order chi connectivity index (χ0) is 9.26. The van der Waals surface area contributed by atoms with Crippen molar-refractivity contribution in [1.29, 1.82) is 0 Å². The Morgan fingerprint density at radius 2 is 1.85 bits per heavy atom. The quantitative estimate of drug-likeness (QED) is 0.704. The molecule has 0 saturated heterocycles. The van der Waals surface area contributed by atoms with Crippen molar-refractivity contribution < 1.29 is 4.39 Å². The fourth-order valence-electron chi connectivity index (χ4n) is 2.11. The molecule has 0 heterocycles. The number of hydrogen-bond donors (Lipinski definition) is 1. The van der Waals surface area contributed by atoms with Gasteiger partial charge in [0.1, 0.15) is 5.82 Å². The van der Waals surface area contributed by atoms with E-state index in [0.29, 0.717) is 5.92 Å². The molecule has 1 nitrogen and oxygen atoms in total. The van der Waals surface area contributed by atoms with E-state index in [1.165, 1.54) is 24.1 Å². The Balaban J connectivity index is 2.20.